The van der Waals surface area contributed by atoms with Crippen LogP contribution in [0.4, 0.5) is 11.8 Å². The lowest BCUT2D eigenvalue weighted by Crippen LogP contribution is -2.24. The lowest BCUT2D eigenvalue weighted by Gasteiger charge is -2.27. The number of nitrogen functional groups attached to an aromatic ring is 2. The molecule has 76 valence electrons. The molecule has 0 aliphatic heterocycles. The zero-order valence-corrected chi connectivity index (χ0v) is 8.62. The Kier molecular flexibility index (Phi) is 2.06. The molecule has 1 aromatic rings. The molecule has 0 amide bonds. The van der Waals surface area contributed by atoms with Gasteiger partial charge in [-0.1, -0.05) is 13.8 Å². The quantitative estimate of drug-likeness (QED) is 0.643. The smallest absolute Gasteiger partial charge is 0.222 e. The number of rotatable bonds is 0. The predicted molar refractivity (Wildman–Crippen MR) is 56.6 cm³/mol. The second-order valence-corrected chi connectivity index (χ2v) is 4.26. The number of aromatic nitrogens is 2. The van der Waals surface area contributed by atoms with Gasteiger partial charge in [-0.25, -0.2) is 4.98 Å². The van der Waals surface area contributed by atoms with Crippen molar-refractivity contribution >= 4 is 11.8 Å². The second-order valence-electron chi connectivity index (χ2n) is 4.26. The molecule has 0 fully saturated rings. The minimum absolute atomic E-state index is 0.294. The van der Waals surface area contributed by atoms with Crippen LogP contribution in [-0.4, -0.2) is 9.97 Å². The van der Waals surface area contributed by atoms with Gasteiger partial charge < -0.3 is 11.5 Å². The average molecular weight is 192 g/mol. The van der Waals surface area contributed by atoms with Crippen molar-refractivity contribution in [2.24, 2.45) is 11.8 Å². The molecule has 0 radical (unpaired) electrons. The molecule has 1 aliphatic carbocycles. The van der Waals surface area contributed by atoms with Crippen LogP contribution in [0.25, 0.3) is 0 Å². The molecule has 4 N–H and O–H groups in total. The predicted octanol–water partition coefficient (Wildman–Crippen LogP) is 1.01. The van der Waals surface area contributed by atoms with Crippen LogP contribution in [-0.2, 0) is 12.8 Å². The first kappa shape index (κ1) is 9.24. The molecular weight excluding hydrogens is 176 g/mol. The van der Waals surface area contributed by atoms with Crippen molar-refractivity contribution in [1.29, 1.82) is 0 Å². The molecule has 0 aromatic carbocycles. The first-order chi connectivity index (χ1) is 6.58. The number of hydrogen-bond acceptors (Lipinski definition) is 4. The van der Waals surface area contributed by atoms with Gasteiger partial charge >= 0.3 is 0 Å². The first-order valence-corrected chi connectivity index (χ1v) is 4.98. The maximum absolute atomic E-state index is 5.82. The Labute approximate surface area is 83.7 Å². The van der Waals surface area contributed by atoms with Crippen LogP contribution in [0, 0.1) is 11.8 Å². The summed E-state index contributed by atoms with van der Waals surface area (Å²) in [7, 11) is 0. The van der Waals surface area contributed by atoms with Gasteiger partial charge in [-0.05, 0) is 24.7 Å². The van der Waals surface area contributed by atoms with Crippen LogP contribution in [0.5, 0.6) is 0 Å². The Bertz CT molecular complexity index is 361. The van der Waals surface area contributed by atoms with Gasteiger partial charge in [0.2, 0.25) is 5.95 Å². The molecule has 1 aliphatic rings. The highest BCUT2D eigenvalue weighted by Crippen LogP contribution is 2.31. The zero-order chi connectivity index (χ0) is 10.3. The monoisotopic (exact) mass is 192 g/mol. The van der Waals surface area contributed by atoms with Crippen LogP contribution >= 0.6 is 0 Å². The highest BCUT2D eigenvalue weighted by Gasteiger charge is 2.25. The van der Waals surface area contributed by atoms with Crippen LogP contribution in [0.1, 0.15) is 25.1 Å². The topological polar surface area (TPSA) is 77.8 Å². The molecule has 4 heteroatoms. The Balaban J connectivity index is 2.46. The van der Waals surface area contributed by atoms with Gasteiger partial charge in [-0.2, -0.15) is 4.98 Å². The summed E-state index contributed by atoms with van der Waals surface area (Å²) in [6.07, 6.45) is 1.94. The van der Waals surface area contributed by atoms with Crippen LogP contribution < -0.4 is 11.5 Å². The molecule has 1 aromatic heterocycles. The van der Waals surface area contributed by atoms with Crippen molar-refractivity contribution in [3.05, 3.63) is 11.3 Å². The van der Waals surface area contributed by atoms with E-state index in [-0.39, 0.29) is 0 Å². The number of nitrogens with zero attached hydrogens (tertiary/aromatic N) is 2. The van der Waals surface area contributed by atoms with Gasteiger partial charge in [0, 0.05) is 5.56 Å². The summed E-state index contributed by atoms with van der Waals surface area (Å²) in [5.74, 6) is 2.16. The van der Waals surface area contributed by atoms with E-state index < -0.39 is 0 Å². The van der Waals surface area contributed by atoms with E-state index in [0.717, 1.165) is 24.1 Å². The van der Waals surface area contributed by atoms with Gasteiger partial charge in [-0.3, -0.25) is 0 Å². The van der Waals surface area contributed by atoms with Gasteiger partial charge in [0.05, 0.1) is 5.69 Å². The molecule has 4 nitrogen and oxygen atoms in total. The van der Waals surface area contributed by atoms with E-state index in [1.54, 1.807) is 0 Å². The van der Waals surface area contributed by atoms with Gasteiger partial charge in [0.25, 0.3) is 0 Å². The minimum Gasteiger partial charge on any atom is -0.383 e. The molecule has 0 spiro atoms. The van der Waals surface area contributed by atoms with Crippen molar-refractivity contribution in [2.75, 3.05) is 11.5 Å². The van der Waals surface area contributed by atoms with E-state index in [0.29, 0.717) is 23.6 Å². The van der Waals surface area contributed by atoms with E-state index in [9.17, 15) is 0 Å². The molecule has 0 saturated carbocycles. The van der Waals surface area contributed by atoms with Gasteiger partial charge in [0.15, 0.2) is 0 Å². The maximum Gasteiger partial charge on any atom is 0.222 e. The largest absolute Gasteiger partial charge is 0.383 e. The average Bonchev–Trinajstić information content (AvgIpc) is 2.08. The second kappa shape index (κ2) is 3.12. The Morgan fingerprint density at radius 1 is 1.07 bits per heavy atom. The fraction of sp³-hybridized carbons (Fsp3) is 0.600. The lowest BCUT2D eigenvalue weighted by molar-refractivity contribution is 0.356. The SMILES string of the molecule is C[C@@H]1Cc2nc(N)nc(N)c2C[C@@H]1C. The molecule has 0 unspecified atom stereocenters. The minimum atomic E-state index is 0.294. The fourth-order valence-corrected chi connectivity index (χ4v) is 1.99. The molecule has 14 heavy (non-hydrogen) atoms. The Morgan fingerprint density at radius 2 is 1.71 bits per heavy atom. The number of hydrogen-bond donors (Lipinski definition) is 2. The van der Waals surface area contributed by atoms with Crippen LogP contribution in [0.2, 0.25) is 0 Å². The van der Waals surface area contributed by atoms with E-state index in [1.807, 2.05) is 0 Å². The molecule has 0 saturated heterocycles. The molecule has 2 atom stereocenters. The van der Waals surface area contributed by atoms with Crippen molar-refractivity contribution < 1.29 is 0 Å². The van der Waals surface area contributed by atoms with Crippen LogP contribution in [0.3, 0.4) is 0 Å². The molecule has 2 rings (SSSR count). The maximum atomic E-state index is 5.82. The van der Waals surface area contributed by atoms with E-state index in [2.05, 4.69) is 23.8 Å². The third-order valence-corrected chi connectivity index (χ3v) is 3.15. The number of nitrogens with two attached hydrogens (primary N) is 2. The highest BCUT2D eigenvalue weighted by molar-refractivity contribution is 5.47. The number of anilines is 2. The normalized spacial score (nSPS) is 25.9. The summed E-state index contributed by atoms with van der Waals surface area (Å²) >= 11 is 0. The molecule has 1 heterocycles. The van der Waals surface area contributed by atoms with Gasteiger partial charge in [-0.15, -0.1) is 0 Å². The summed E-state index contributed by atoms with van der Waals surface area (Å²) in [6.45, 7) is 4.48. The Hall–Kier alpha value is -1.32. The highest BCUT2D eigenvalue weighted by atomic mass is 15.0. The van der Waals surface area contributed by atoms with Crippen molar-refractivity contribution in [3.63, 3.8) is 0 Å². The summed E-state index contributed by atoms with van der Waals surface area (Å²) < 4.78 is 0. The first-order valence-electron chi connectivity index (χ1n) is 4.98. The number of fused-ring (bicyclic) bond motifs is 1. The van der Waals surface area contributed by atoms with Crippen molar-refractivity contribution in [3.8, 4) is 0 Å². The Morgan fingerprint density at radius 3 is 2.43 bits per heavy atom. The fourth-order valence-electron chi connectivity index (χ4n) is 1.99. The van der Waals surface area contributed by atoms with Crippen molar-refractivity contribution in [2.45, 2.75) is 26.7 Å². The van der Waals surface area contributed by atoms with Gasteiger partial charge in [0.1, 0.15) is 5.82 Å². The molecular formula is C10H16N4. The summed E-state index contributed by atoms with van der Waals surface area (Å²) in [4.78, 5) is 8.24. The van der Waals surface area contributed by atoms with Crippen LogP contribution in [0.15, 0.2) is 0 Å². The van der Waals surface area contributed by atoms with Crippen molar-refractivity contribution in [1.82, 2.24) is 9.97 Å². The summed E-state index contributed by atoms with van der Waals surface area (Å²) in [5, 5.41) is 0. The summed E-state index contributed by atoms with van der Waals surface area (Å²) in [5.41, 5.74) is 13.5. The summed E-state index contributed by atoms with van der Waals surface area (Å²) in [6, 6.07) is 0. The van der Waals surface area contributed by atoms with E-state index >= 15 is 0 Å². The standard InChI is InChI=1S/C10H16N4/c1-5-3-7-8(4-6(5)2)13-10(12)14-9(7)11/h5-6H,3-4H2,1-2H3,(H4,11,12,13,14)/t5-,6+/m0/s1. The van der Waals surface area contributed by atoms with E-state index in [1.165, 1.54) is 0 Å². The van der Waals surface area contributed by atoms with E-state index in [4.69, 9.17) is 11.5 Å². The molecule has 0 bridgehead atoms. The zero-order valence-electron chi connectivity index (χ0n) is 8.62. The lowest BCUT2D eigenvalue weighted by atomic mass is 9.80. The third kappa shape index (κ3) is 1.41. The third-order valence-electron chi connectivity index (χ3n) is 3.15.